The molecule has 0 radical (unpaired) electrons. The van der Waals surface area contributed by atoms with Crippen LogP contribution < -0.4 is 10.6 Å². The standard InChI is InChI=1S/C11H12F2N6O2/c1-14-10(21)8-7(5-18(2)17-8)15-9(20)6-3-4-19(16-6)11(12)13/h3-5,11H,1-2H3,(H,14,21)(H,15,20). The molecule has 0 saturated heterocycles. The predicted molar refractivity (Wildman–Crippen MR) is 68.0 cm³/mol. The number of hydrogen-bond donors (Lipinski definition) is 2. The molecule has 0 aliphatic carbocycles. The second kappa shape index (κ2) is 5.69. The lowest BCUT2D eigenvalue weighted by atomic mass is 10.3. The first kappa shape index (κ1) is 14.6. The summed E-state index contributed by atoms with van der Waals surface area (Å²) in [6, 6.07) is 1.15. The number of anilines is 1. The molecule has 8 nitrogen and oxygen atoms in total. The van der Waals surface area contributed by atoms with Crippen LogP contribution in [0.25, 0.3) is 0 Å². The average Bonchev–Trinajstić information content (AvgIpc) is 3.04. The molecule has 2 heterocycles. The van der Waals surface area contributed by atoms with Crippen molar-refractivity contribution in [3.8, 4) is 0 Å². The summed E-state index contributed by atoms with van der Waals surface area (Å²) in [6.45, 7) is -2.83. The van der Waals surface area contributed by atoms with Gasteiger partial charge in [0.25, 0.3) is 11.8 Å². The summed E-state index contributed by atoms with van der Waals surface area (Å²) in [6.07, 6.45) is 2.41. The van der Waals surface area contributed by atoms with Gasteiger partial charge in [-0.1, -0.05) is 0 Å². The minimum absolute atomic E-state index is 0.0154. The van der Waals surface area contributed by atoms with Crippen molar-refractivity contribution in [2.75, 3.05) is 12.4 Å². The molecule has 0 bridgehead atoms. The minimum atomic E-state index is -2.83. The molecule has 2 aromatic rings. The molecule has 0 fully saturated rings. The van der Waals surface area contributed by atoms with Gasteiger partial charge in [-0.15, -0.1) is 0 Å². The Labute approximate surface area is 117 Å². The molecule has 0 unspecified atom stereocenters. The molecule has 0 aliphatic rings. The van der Waals surface area contributed by atoms with Crippen LogP contribution in [-0.4, -0.2) is 38.4 Å². The third-order valence-electron chi connectivity index (χ3n) is 2.56. The molecule has 2 aromatic heterocycles. The quantitative estimate of drug-likeness (QED) is 0.865. The summed E-state index contributed by atoms with van der Waals surface area (Å²) in [5, 5.41) is 12.1. The van der Waals surface area contributed by atoms with E-state index in [0.29, 0.717) is 4.68 Å². The van der Waals surface area contributed by atoms with Gasteiger partial charge in [-0.2, -0.15) is 19.0 Å². The highest BCUT2D eigenvalue weighted by Gasteiger charge is 2.19. The number of rotatable bonds is 4. The van der Waals surface area contributed by atoms with Gasteiger partial charge in [0.1, 0.15) is 0 Å². The summed E-state index contributed by atoms with van der Waals surface area (Å²) in [7, 11) is 3.00. The topological polar surface area (TPSA) is 93.8 Å². The Hall–Kier alpha value is -2.78. The van der Waals surface area contributed by atoms with Crippen molar-refractivity contribution in [3.05, 3.63) is 29.8 Å². The summed E-state index contributed by atoms with van der Waals surface area (Å²) in [5.41, 5.74) is -0.0166. The van der Waals surface area contributed by atoms with E-state index in [9.17, 15) is 18.4 Å². The van der Waals surface area contributed by atoms with E-state index in [-0.39, 0.29) is 17.1 Å². The lowest BCUT2D eigenvalue weighted by Gasteiger charge is -2.02. The van der Waals surface area contributed by atoms with Gasteiger partial charge >= 0.3 is 6.55 Å². The third-order valence-corrected chi connectivity index (χ3v) is 2.56. The van der Waals surface area contributed by atoms with Gasteiger partial charge in [0, 0.05) is 26.5 Å². The zero-order chi connectivity index (χ0) is 15.6. The Morgan fingerprint density at radius 2 is 2.00 bits per heavy atom. The molecule has 2 rings (SSSR count). The fraction of sp³-hybridized carbons (Fsp3) is 0.273. The van der Waals surface area contributed by atoms with Crippen molar-refractivity contribution in [2.24, 2.45) is 7.05 Å². The second-order valence-corrected chi connectivity index (χ2v) is 4.06. The lowest BCUT2D eigenvalue weighted by Crippen LogP contribution is -2.21. The number of carbonyl (C=O) groups is 2. The fourth-order valence-corrected chi connectivity index (χ4v) is 1.62. The first-order valence-electron chi connectivity index (χ1n) is 5.82. The van der Waals surface area contributed by atoms with Crippen LogP contribution in [0.4, 0.5) is 14.5 Å². The number of carbonyl (C=O) groups excluding carboxylic acids is 2. The molecule has 2 amide bonds. The molecular weight excluding hydrogens is 286 g/mol. The van der Waals surface area contributed by atoms with Crippen LogP contribution >= 0.6 is 0 Å². The molecule has 10 heteroatoms. The normalized spacial score (nSPS) is 10.7. The van der Waals surface area contributed by atoms with E-state index in [4.69, 9.17) is 0 Å². The van der Waals surface area contributed by atoms with Gasteiger partial charge in [0.2, 0.25) is 0 Å². The van der Waals surface area contributed by atoms with Gasteiger partial charge in [-0.05, 0) is 6.07 Å². The van der Waals surface area contributed by atoms with Crippen LogP contribution in [0.3, 0.4) is 0 Å². The molecule has 0 saturated carbocycles. The van der Waals surface area contributed by atoms with E-state index in [1.165, 1.54) is 17.9 Å². The van der Waals surface area contributed by atoms with Crippen molar-refractivity contribution in [1.82, 2.24) is 24.9 Å². The van der Waals surface area contributed by atoms with Crippen LogP contribution in [0, 0.1) is 0 Å². The van der Waals surface area contributed by atoms with E-state index in [1.807, 2.05) is 0 Å². The number of nitrogens with zero attached hydrogens (tertiary/aromatic N) is 4. The average molecular weight is 298 g/mol. The van der Waals surface area contributed by atoms with Crippen molar-refractivity contribution in [1.29, 1.82) is 0 Å². The van der Waals surface area contributed by atoms with Gasteiger partial charge in [-0.25, -0.2) is 4.68 Å². The van der Waals surface area contributed by atoms with Crippen molar-refractivity contribution in [2.45, 2.75) is 6.55 Å². The van der Waals surface area contributed by atoms with Gasteiger partial charge in [0.15, 0.2) is 11.4 Å². The van der Waals surface area contributed by atoms with Crippen LogP contribution in [0.1, 0.15) is 27.5 Å². The van der Waals surface area contributed by atoms with Crippen LogP contribution in [0.5, 0.6) is 0 Å². The SMILES string of the molecule is CNC(=O)c1nn(C)cc1NC(=O)c1ccn(C(F)F)n1. The number of alkyl halides is 2. The van der Waals surface area contributed by atoms with Crippen molar-refractivity contribution < 1.29 is 18.4 Å². The van der Waals surface area contributed by atoms with Crippen molar-refractivity contribution >= 4 is 17.5 Å². The molecule has 0 atom stereocenters. The lowest BCUT2D eigenvalue weighted by molar-refractivity contribution is 0.0561. The van der Waals surface area contributed by atoms with E-state index in [2.05, 4.69) is 20.8 Å². The molecule has 112 valence electrons. The zero-order valence-corrected chi connectivity index (χ0v) is 11.2. The Balaban J connectivity index is 2.21. The maximum Gasteiger partial charge on any atom is 0.333 e. The molecule has 0 spiro atoms. The predicted octanol–water partition coefficient (Wildman–Crippen LogP) is 0.624. The number of hydrogen-bond acceptors (Lipinski definition) is 4. The van der Waals surface area contributed by atoms with E-state index in [0.717, 1.165) is 12.3 Å². The van der Waals surface area contributed by atoms with E-state index in [1.54, 1.807) is 7.05 Å². The number of aryl methyl sites for hydroxylation is 1. The highest BCUT2D eigenvalue weighted by Crippen LogP contribution is 2.15. The molecule has 21 heavy (non-hydrogen) atoms. The number of aromatic nitrogens is 4. The molecule has 0 aromatic carbocycles. The number of nitrogens with one attached hydrogen (secondary N) is 2. The van der Waals surface area contributed by atoms with Gasteiger partial charge in [-0.3, -0.25) is 14.3 Å². The Kier molecular flexibility index (Phi) is 3.96. The summed E-state index contributed by atoms with van der Waals surface area (Å²) >= 11 is 0. The maximum atomic E-state index is 12.4. The smallest absolute Gasteiger partial charge is 0.333 e. The first-order chi connectivity index (χ1) is 9.92. The van der Waals surface area contributed by atoms with Crippen molar-refractivity contribution in [3.63, 3.8) is 0 Å². The Morgan fingerprint density at radius 1 is 1.29 bits per heavy atom. The van der Waals surface area contributed by atoms with Gasteiger partial charge < -0.3 is 10.6 Å². The summed E-state index contributed by atoms with van der Waals surface area (Å²) in [4.78, 5) is 23.5. The zero-order valence-electron chi connectivity index (χ0n) is 11.2. The van der Waals surface area contributed by atoms with E-state index < -0.39 is 18.4 Å². The third kappa shape index (κ3) is 3.04. The van der Waals surface area contributed by atoms with Gasteiger partial charge in [0.05, 0.1) is 5.69 Å². The minimum Gasteiger partial charge on any atom is -0.354 e. The largest absolute Gasteiger partial charge is 0.354 e. The summed E-state index contributed by atoms with van der Waals surface area (Å²) < 4.78 is 26.5. The highest BCUT2D eigenvalue weighted by atomic mass is 19.3. The molecular formula is C11H12F2N6O2. The number of amides is 2. The molecule has 0 aliphatic heterocycles. The monoisotopic (exact) mass is 298 g/mol. The summed E-state index contributed by atoms with van der Waals surface area (Å²) in [5.74, 6) is -1.20. The highest BCUT2D eigenvalue weighted by molar-refractivity contribution is 6.07. The Bertz CT molecular complexity index is 678. The molecule has 2 N–H and O–H groups in total. The van der Waals surface area contributed by atoms with Crippen LogP contribution in [0.2, 0.25) is 0 Å². The van der Waals surface area contributed by atoms with Crippen LogP contribution in [-0.2, 0) is 7.05 Å². The second-order valence-electron chi connectivity index (χ2n) is 4.06. The van der Waals surface area contributed by atoms with E-state index >= 15 is 0 Å². The fourth-order valence-electron chi connectivity index (χ4n) is 1.62. The van der Waals surface area contributed by atoms with Crippen LogP contribution in [0.15, 0.2) is 18.5 Å². The first-order valence-corrected chi connectivity index (χ1v) is 5.82. The maximum absolute atomic E-state index is 12.4. The Morgan fingerprint density at radius 3 is 2.57 bits per heavy atom. The number of halogens is 2.